The van der Waals surface area contributed by atoms with Gasteiger partial charge >= 0.3 is 18.0 Å². The minimum Gasteiger partial charge on any atom is -0.481 e. The number of aryl methyl sites for hydroxylation is 1. The van der Waals surface area contributed by atoms with Crippen LogP contribution in [0.15, 0.2) is 6.20 Å². The van der Waals surface area contributed by atoms with E-state index in [4.69, 9.17) is 19.7 Å². The van der Waals surface area contributed by atoms with Crippen molar-refractivity contribution >= 4 is 24.4 Å². The lowest BCUT2D eigenvalue weighted by molar-refractivity contribution is -0.141. The zero-order valence-electron chi connectivity index (χ0n) is 15.9. The van der Waals surface area contributed by atoms with Gasteiger partial charge in [0.05, 0.1) is 12.8 Å². The van der Waals surface area contributed by atoms with Crippen LogP contribution in [0.2, 0.25) is 0 Å². The fourth-order valence-electron chi connectivity index (χ4n) is 2.38. The zero-order chi connectivity index (χ0) is 21.6. The van der Waals surface area contributed by atoms with Crippen LogP contribution < -0.4 is 10.6 Å². The Kier molecular flexibility index (Phi) is 10.7. The Morgan fingerprint density at radius 1 is 1.24 bits per heavy atom. The highest BCUT2D eigenvalue weighted by atomic mass is 16.5. The predicted molar refractivity (Wildman–Crippen MR) is 95.5 cm³/mol. The average molecular weight is 415 g/mol. The Balaban J connectivity index is 2.41. The molecule has 13 nitrogen and oxygen atoms in total. The summed E-state index contributed by atoms with van der Waals surface area (Å²) in [6, 6.07) is -2.26. The number of nitrogens with one attached hydrogen (secondary N) is 2. The fraction of sp³-hybridized carbons (Fsp3) is 0.625. The van der Waals surface area contributed by atoms with Crippen molar-refractivity contribution < 1.29 is 38.9 Å². The van der Waals surface area contributed by atoms with Crippen molar-refractivity contribution in [1.29, 1.82) is 0 Å². The van der Waals surface area contributed by atoms with Crippen LogP contribution in [-0.2, 0) is 37.0 Å². The van der Waals surface area contributed by atoms with Crippen LogP contribution in [0.1, 0.15) is 37.8 Å². The number of unbranched alkanes of at least 4 members (excludes halogenated alkanes) is 1. The van der Waals surface area contributed by atoms with Crippen molar-refractivity contribution in [2.45, 2.75) is 57.5 Å². The number of hydrogen-bond donors (Lipinski definition) is 4. The molecule has 0 bridgehead atoms. The van der Waals surface area contributed by atoms with Crippen molar-refractivity contribution in [3.05, 3.63) is 11.9 Å². The number of methoxy groups -OCH3 is 1. The first-order valence-electron chi connectivity index (χ1n) is 8.84. The Bertz CT molecular complexity index is 680. The summed E-state index contributed by atoms with van der Waals surface area (Å²) in [5.41, 5.74) is 0.698. The first kappa shape index (κ1) is 23.8. The van der Waals surface area contributed by atoms with E-state index in [2.05, 4.69) is 20.9 Å². The average Bonchev–Trinajstić information content (AvgIpc) is 3.09. The second kappa shape index (κ2) is 13.0. The highest BCUT2D eigenvalue weighted by Crippen LogP contribution is 2.05. The maximum absolute atomic E-state index is 11.9. The largest absolute Gasteiger partial charge is 0.481 e. The predicted octanol–water partition coefficient (Wildman–Crippen LogP) is -0.289. The van der Waals surface area contributed by atoms with Gasteiger partial charge in [-0.05, 0) is 19.3 Å². The molecule has 13 heteroatoms. The Morgan fingerprint density at radius 2 is 2.00 bits per heavy atom. The Labute approximate surface area is 166 Å². The molecule has 1 heterocycles. The van der Waals surface area contributed by atoms with Crippen molar-refractivity contribution in [1.82, 2.24) is 25.6 Å². The Morgan fingerprint density at radius 3 is 2.62 bits per heavy atom. The highest BCUT2D eigenvalue weighted by Gasteiger charge is 2.22. The number of hydrogen-bond acceptors (Lipinski definition) is 8. The summed E-state index contributed by atoms with van der Waals surface area (Å²) in [4.78, 5) is 44.2. The van der Waals surface area contributed by atoms with E-state index in [1.165, 1.54) is 0 Å². The molecule has 1 rings (SSSR count). The molecule has 0 radical (unpaired) electrons. The van der Waals surface area contributed by atoms with Crippen molar-refractivity contribution in [2.75, 3.05) is 7.11 Å². The molecule has 1 aromatic heterocycles. The molecular weight excluding hydrogens is 390 g/mol. The summed E-state index contributed by atoms with van der Waals surface area (Å²) in [6.07, 6.45) is 1.62. The Hall–Kier alpha value is -3.22. The lowest BCUT2D eigenvalue weighted by Gasteiger charge is -2.19. The molecule has 0 aliphatic rings. The first-order valence-corrected chi connectivity index (χ1v) is 8.84. The summed E-state index contributed by atoms with van der Waals surface area (Å²) in [5, 5.41) is 30.0. The quantitative estimate of drug-likeness (QED) is 0.169. The van der Waals surface area contributed by atoms with E-state index >= 15 is 0 Å². The van der Waals surface area contributed by atoms with E-state index in [0.717, 1.165) is 0 Å². The minimum absolute atomic E-state index is 0.179. The van der Waals surface area contributed by atoms with Crippen LogP contribution in [-0.4, -0.2) is 69.0 Å². The van der Waals surface area contributed by atoms with E-state index in [1.54, 1.807) is 18.0 Å². The topological polar surface area (TPSA) is 182 Å². The van der Waals surface area contributed by atoms with Crippen LogP contribution >= 0.6 is 0 Å². The smallest absolute Gasteiger partial charge is 0.326 e. The van der Waals surface area contributed by atoms with Crippen LogP contribution in [0, 0.1) is 0 Å². The summed E-state index contributed by atoms with van der Waals surface area (Å²) in [7, 11) is 1.56. The molecular formula is C16H25N5O8. The van der Waals surface area contributed by atoms with E-state index in [-0.39, 0.29) is 12.9 Å². The molecule has 2 amide bonds. The van der Waals surface area contributed by atoms with Gasteiger partial charge in [-0.3, -0.25) is 14.3 Å². The molecule has 0 spiro atoms. The van der Waals surface area contributed by atoms with Crippen LogP contribution in [0.4, 0.5) is 4.79 Å². The maximum atomic E-state index is 11.9. The normalized spacial score (nSPS) is 12.6. The molecule has 162 valence electrons. The molecule has 0 aliphatic heterocycles. The van der Waals surface area contributed by atoms with Crippen molar-refractivity contribution in [2.24, 2.45) is 0 Å². The molecule has 0 unspecified atom stereocenters. The summed E-state index contributed by atoms with van der Waals surface area (Å²) in [6.45, 7) is 1.10. The van der Waals surface area contributed by atoms with Crippen molar-refractivity contribution in [3.8, 4) is 0 Å². The molecule has 0 saturated heterocycles. The molecule has 1 aromatic rings. The molecule has 0 saturated carbocycles. The van der Waals surface area contributed by atoms with Crippen LogP contribution in [0.3, 0.4) is 0 Å². The van der Waals surface area contributed by atoms with Gasteiger partial charge in [0.15, 0.2) is 6.23 Å². The van der Waals surface area contributed by atoms with E-state index in [9.17, 15) is 19.2 Å². The summed E-state index contributed by atoms with van der Waals surface area (Å²) >= 11 is 0. The number of aliphatic carboxylic acids is 2. The number of rotatable bonds is 15. The van der Waals surface area contributed by atoms with Gasteiger partial charge in [-0.25, -0.2) is 9.59 Å². The minimum atomic E-state index is -1.38. The fourth-order valence-corrected chi connectivity index (χ4v) is 2.38. The second-order valence-electron chi connectivity index (χ2n) is 6.06. The number of ether oxygens (including phenoxy) is 2. The van der Waals surface area contributed by atoms with Gasteiger partial charge in [0, 0.05) is 26.5 Å². The van der Waals surface area contributed by atoms with Gasteiger partial charge in [-0.15, -0.1) is 5.10 Å². The second-order valence-corrected chi connectivity index (χ2v) is 6.06. The standard InChI is InChI=1S/C16H25N5O8/c1-28-9-11-8-21(20-19-11)7-3-2-4-13(29-10-22)18-16(27)17-12(15(25)26)5-6-14(23)24/h8,10,12-13H,2-7,9H2,1H3,(H,23,24)(H,25,26)(H2,17,18,27)/t12-,13+/m0/s1. The zero-order valence-corrected chi connectivity index (χ0v) is 15.9. The molecule has 0 aromatic carbocycles. The maximum Gasteiger partial charge on any atom is 0.326 e. The first-order chi connectivity index (χ1) is 13.8. The monoisotopic (exact) mass is 415 g/mol. The number of nitrogens with zero attached hydrogens (tertiary/aromatic N) is 3. The van der Waals surface area contributed by atoms with Gasteiger partial charge in [-0.1, -0.05) is 5.21 Å². The number of carbonyl (C=O) groups is 4. The molecule has 0 fully saturated rings. The summed E-state index contributed by atoms with van der Waals surface area (Å²) < 4.78 is 11.4. The number of carboxylic acid groups (broad SMARTS) is 2. The van der Waals surface area contributed by atoms with E-state index in [0.29, 0.717) is 38.1 Å². The SMILES string of the molecule is COCc1cn(CCCC[C@H](NC(=O)N[C@@H](CCC(=O)O)C(=O)O)OC=O)nn1. The van der Waals surface area contributed by atoms with Crippen molar-refractivity contribution in [3.63, 3.8) is 0 Å². The van der Waals surface area contributed by atoms with E-state index < -0.39 is 36.7 Å². The van der Waals surface area contributed by atoms with Gasteiger partial charge in [-0.2, -0.15) is 0 Å². The van der Waals surface area contributed by atoms with Gasteiger partial charge in [0.1, 0.15) is 11.7 Å². The number of amides is 2. The number of aromatic nitrogens is 3. The molecule has 29 heavy (non-hydrogen) atoms. The molecule has 2 atom stereocenters. The van der Waals surface area contributed by atoms with Crippen LogP contribution in [0.25, 0.3) is 0 Å². The lowest BCUT2D eigenvalue weighted by Crippen LogP contribution is -2.49. The lowest BCUT2D eigenvalue weighted by atomic mass is 10.1. The summed E-state index contributed by atoms with van der Waals surface area (Å²) in [5.74, 6) is -2.54. The van der Waals surface area contributed by atoms with E-state index in [1.807, 2.05) is 0 Å². The highest BCUT2D eigenvalue weighted by molar-refractivity contribution is 5.83. The van der Waals surface area contributed by atoms with Gasteiger partial charge < -0.3 is 30.3 Å². The third-order valence-electron chi connectivity index (χ3n) is 3.74. The molecule has 0 aliphatic carbocycles. The number of carbonyl (C=O) groups excluding carboxylic acids is 2. The van der Waals surface area contributed by atoms with Gasteiger partial charge in [0.25, 0.3) is 6.47 Å². The third kappa shape index (κ3) is 10.0. The number of urea groups is 1. The molecule has 4 N–H and O–H groups in total. The van der Waals surface area contributed by atoms with Crippen LogP contribution in [0.5, 0.6) is 0 Å². The third-order valence-corrected chi connectivity index (χ3v) is 3.74. The number of carboxylic acids is 2. The van der Waals surface area contributed by atoms with Gasteiger partial charge in [0.2, 0.25) is 0 Å².